The summed E-state index contributed by atoms with van der Waals surface area (Å²) >= 11 is 4.47. The summed E-state index contributed by atoms with van der Waals surface area (Å²) in [6.07, 6.45) is -0.506. The molecule has 0 fully saturated rings. The Bertz CT molecular complexity index is 200. The second kappa shape index (κ2) is 2.72. The number of hydrogen-bond donors (Lipinski definition) is 1. The molecule has 0 aliphatic heterocycles. The molecular formula is C4H5BrN2OS. The molecule has 0 amide bonds. The fourth-order valence-electron chi connectivity index (χ4n) is 0.385. The molecule has 0 saturated heterocycles. The summed E-state index contributed by atoms with van der Waals surface area (Å²) in [5, 5.41) is 16.9. The minimum Gasteiger partial charge on any atom is -0.386 e. The largest absolute Gasteiger partial charge is 0.386 e. The summed E-state index contributed by atoms with van der Waals surface area (Å²) in [5.74, 6) is 0. The standard InChI is InChI=1S/C4H5BrN2OS/c1-2(8)3-6-7-4(5)9-3/h2,8H,1H3/t2-/m0/s1. The third kappa shape index (κ3) is 1.70. The third-order valence-corrected chi connectivity index (χ3v) is 2.30. The summed E-state index contributed by atoms with van der Waals surface area (Å²) in [6, 6.07) is 0. The van der Waals surface area contributed by atoms with E-state index in [1.54, 1.807) is 6.92 Å². The van der Waals surface area contributed by atoms with Gasteiger partial charge in [-0.1, -0.05) is 11.3 Å². The average molecular weight is 209 g/mol. The van der Waals surface area contributed by atoms with Gasteiger partial charge < -0.3 is 5.11 Å². The van der Waals surface area contributed by atoms with Gasteiger partial charge in [-0.05, 0) is 22.9 Å². The number of aromatic nitrogens is 2. The molecular weight excluding hydrogens is 204 g/mol. The molecule has 0 unspecified atom stereocenters. The zero-order valence-corrected chi connectivity index (χ0v) is 7.11. The van der Waals surface area contributed by atoms with E-state index in [0.29, 0.717) is 8.92 Å². The quantitative estimate of drug-likeness (QED) is 0.759. The highest BCUT2D eigenvalue weighted by atomic mass is 79.9. The zero-order chi connectivity index (χ0) is 6.85. The maximum absolute atomic E-state index is 8.92. The fourth-order valence-corrected chi connectivity index (χ4v) is 1.47. The Balaban J connectivity index is 2.85. The van der Waals surface area contributed by atoms with Crippen molar-refractivity contribution in [3.05, 3.63) is 8.92 Å². The molecule has 50 valence electrons. The molecule has 0 radical (unpaired) electrons. The Morgan fingerprint density at radius 1 is 1.67 bits per heavy atom. The lowest BCUT2D eigenvalue weighted by Gasteiger charge is -1.92. The Labute approximate surface area is 64.9 Å². The van der Waals surface area contributed by atoms with Crippen LogP contribution in [0.5, 0.6) is 0 Å². The van der Waals surface area contributed by atoms with Gasteiger partial charge in [-0.3, -0.25) is 0 Å². The minimum atomic E-state index is -0.506. The van der Waals surface area contributed by atoms with E-state index in [1.165, 1.54) is 11.3 Å². The summed E-state index contributed by atoms with van der Waals surface area (Å²) < 4.78 is 0.707. The maximum Gasteiger partial charge on any atom is 0.183 e. The molecule has 1 rings (SSSR count). The van der Waals surface area contributed by atoms with Crippen LogP contribution in [-0.2, 0) is 0 Å². The molecule has 9 heavy (non-hydrogen) atoms. The van der Waals surface area contributed by atoms with Crippen LogP contribution in [0.1, 0.15) is 18.0 Å². The molecule has 3 nitrogen and oxygen atoms in total. The summed E-state index contributed by atoms with van der Waals surface area (Å²) in [4.78, 5) is 0. The molecule has 1 atom stereocenters. The van der Waals surface area contributed by atoms with E-state index in [-0.39, 0.29) is 0 Å². The molecule has 1 N–H and O–H groups in total. The lowest BCUT2D eigenvalue weighted by atomic mass is 10.4. The summed E-state index contributed by atoms with van der Waals surface area (Å²) in [6.45, 7) is 1.66. The number of aliphatic hydroxyl groups is 1. The zero-order valence-electron chi connectivity index (χ0n) is 4.71. The van der Waals surface area contributed by atoms with Gasteiger partial charge in [-0.25, -0.2) is 0 Å². The number of rotatable bonds is 1. The van der Waals surface area contributed by atoms with Gasteiger partial charge in [-0.15, -0.1) is 10.2 Å². The molecule has 0 spiro atoms. The SMILES string of the molecule is C[C@H](O)c1nnc(Br)s1. The van der Waals surface area contributed by atoms with Crippen molar-refractivity contribution in [1.82, 2.24) is 10.2 Å². The topological polar surface area (TPSA) is 46.0 Å². The van der Waals surface area contributed by atoms with Crippen molar-refractivity contribution < 1.29 is 5.11 Å². The number of aliphatic hydroxyl groups excluding tert-OH is 1. The van der Waals surface area contributed by atoms with Gasteiger partial charge in [0.25, 0.3) is 0 Å². The molecule has 0 aliphatic rings. The highest BCUT2D eigenvalue weighted by Crippen LogP contribution is 2.20. The van der Waals surface area contributed by atoms with Crippen molar-refractivity contribution in [2.75, 3.05) is 0 Å². The summed E-state index contributed by atoms with van der Waals surface area (Å²) in [5.41, 5.74) is 0. The Kier molecular flexibility index (Phi) is 2.15. The Morgan fingerprint density at radius 3 is 2.56 bits per heavy atom. The van der Waals surface area contributed by atoms with Crippen molar-refractivity contribution >= 4 is 27.3 Å². The van der Waals surface area contributed by atoms with E-state index in [0.717, 1.165) is 0 Å². The van der Waals surface area contributed by atoms with Crippen LogP contribution < -0.4 is 0 Å². The van der Waals surface area contributed by atoms with Crippen LogP contribution in [-0.4, -0.2) is 15.3 Å². The van der Waals surface area contributed by atoms with Crippen LogP contribution in [0, 0.1) is 0 Å². The number of halogens is 1. The predicted octanol–water partition coefficient (Wildman–Crippen LogP) is 1.35. The van der Waals surface area contributed by atoms with E-state index < -0.39 is 6.10 Å². The molecule has 1 aromatic heterocycles. The number of hydrogen-bond acceptors (Lipinski definition) is 4. The minimum absolute atomic E-state index is 0.506. The molecule has 1 aromatic rings. The molecule has 0 aromatic carbocycles. The normalized spacial score (nSPS) is 13.7. The predicted molar refractivity (Wildman–Crippen MR) is 38.2 cm³/mol. The van der Waals surface area contributed by atoms with Crippen LogP contribution >= 0.6 is 27.3 Å². The highest BCUT2D eigenvalue weighted by molar-refractivity contribution is 9.11. The smallest absolute Gasteiger partial charge is 0.183 e. The lowest BCUT2D eigenvalue weighted by Crippen LogP contribution is -1.88. The van der Waals surface area contributed by atoms with Crippen LogP contribution in [0.2, 0.25) is 0 Å². The van der Waals surface area contributed by atoms with Crippen molar-refractivity contribution in [3.63, 3.8) is 0 Å². The Morgan fingerprint density at radius 2 is 2.33 bits per heavy atom. The van der Waals surface area contributed by atoms with Crippen LogP contribution in [0.25, 0.3) is 0 Å². The Hall–Kier alpha value is -0.0000000000000000833. The van der Waals surface area contributed by atoms with Gasteiger partial charge in [0.05, 0.1) is 0 Å². The highest BCUT2D eigenvalue weighted by Gasteiger charge is 2.05. The second-order valence-corrected chi connectivity index (χ2v) is 3.85. The van der Waals surface area contributed by atoms with Gasteiger partial charge >= 0.3 is 0 Å². The maximum atomic E-state index is 8.92. The van der Waals surface area contributed by atoms with Crippen LogP contribution in [0.3, 0.4) is 0 Å². The van der Waals surface area contributed by atoms with Gasteiger partial charge in [0.15, 0.2) is 3.92 Å². The lowest BCUT2D eigenvalue weighted by molar-refractivity contribution is 0.198. The molecule has 5 heteroatoms. The first-order chi connectivity index (χ1) is 4.20. The molecule has 0 bridgehead atoms. The van der Waals surface area contributed by atoms with E-state index in [4.69, 9.17) is 5.11 Å². The molecule has 0 aliphatic carbocycles. The molecule has 1 heterocycles. The van der Waals surface area contributed by atoms with Gasteiger partial charge in [0, 0.05) is 0 Å². The fraction of sp³-hybridized carbons (Fsp3) is 0.500. The van der Waals surface area contributed by atoms with E-state index in [9.17, 15) is 0 Å². The van der Waals surface area contributed by atoms with Gasteiger partial charge in [0.1, 0.15) is 11.1 Å². The summed E-state index contributed by atoms with van der Waals surface area (Å²) in [7, 11) is 0. The van der Waals surface area contributed by atoms with E-state index >= 15 is 0 Å². The van der Waals surface area contributed by atoms with E-state index in [1.807, 2.05) is 0 Å². The first-order valence-electron chi connectivity index (χ1n) is 2.37. The van der Waals surface area contributed by atoms with Crippen LogP contribution in [0.15, 0.2) is 3.92 Å². The first kappa shape index (κ1) is 7.11. The number of nitrogens with zero attached hydrogens (tertiary/aromatic N) is 2. The third-order valence-electron chi connectivity index (χ3n) is 0.773. The monoisotopic (exact) mass is 208 g/mol. The average Bonchev–Trinajstić information content (AvgIpc) is 2.14. The first-order valence-corrected chi connectivity index (χ1v) is 3.98. The van der Waals surface area contributed by atoms with Crippen LogP contribution in [0.4, 0.5) is 0 Å². The van der Waals surface area contributed by atoms with Gasteiger partial charge in [-0.2, -0.15) is 0 Å². The van der Waals surface area contributed by atoms with Gasteiger partial charge in [0.2, 0.25) is 0 Å². The van der Waals surface area contributed by atoms with Crippen molar-refractivity contribution in [3.8, 4) is 0 Å². The van der Waals surface area contributed by atoms with Crippen molar-refractivity contribution in [2.24, 2.45) is 0 Å². The van der Waals surface area contributed by atoms with E-state index in [2.05, 4.69) is 26.1 Å². The van der Waals surface area contributed by atoms with Crippen molar-refractivity contribution in [2.45, 2.75) is 13.0 Å². The van der Waals surface area contributed by atoms with Crippen molar-refractivity contribution in [1.29, 1.82) is 0 Å². The molecule has 0 saturated carbocycles. The second-order valence-electron chi connectivity index (χ2n) is 1.57.